The summed E-state index contributed by atoms with van der Waals surface area (Å²) < 4.78 is 10.4. The van der Waals surface area contributed by atoms with Crippen LogP contribution in [-0.2, 0) is 9.53 Å². The Kier molecular flexibility index (Phi) is 3.27. The van der Waals surface area contributed by atoms with Gasteiger partial charge in [-0.1, -0.05) is 16.8 Å². The summed E-state index contributed by atoms with van der Waals surface area (Å²) in [5.41, 5.74) is 0.545. The van der Waals surface area contributed by atoms with Gasteiger partial charge in [0.2, 0.25) is 11.7 Å². The quantitative estimate of drug-likeness (QED) is 0.835. The zero-order chi connectivity index (χ0) is 13.2. The maximum atomic E-state index is 11.7. The molecule has 0 aliphatic carbocycles. The minimum atomic E-state index is -0.470. The topological polar surface area (TPSA) is 78.1 Å². The van der Waals surface area contributed by atoms with E-state index in [1.165, 1.54) is 6.20 Å². The highest BCUT2D eigenvalue weighted by atomic mass is 35.5. The molecule has 3 rings (SSSR count). The molecule has 2 aromatic heterocycles. The van der Waals surface area contributed by atoms with Crippen LogP contribution in [0.3, 0.4) is 0 Å². The van der Waals surface area contributed by atoms with Crippen molar-refractivity contribution in [3.63, 3.8) is 0 Å². The molecule has 0 radical (unpaired) electrons. The Morgan fingerprint density at radius 1 is 1.37 bits per heavy atom. The van der Waals surface area contributed by atoms with Gasteiger partial charge in [0.25, 0.3) is 0 Å². The Balaban J connectivity index is 1.86. The average molecular weight is 280 g/mol. The first-order valence-electron chi connectivity index (χ1n) is 5.80. The number of hydrogen-bond acceptors (Lipinski definition) is 6. The van der Waals surface area contributed by atoms with Gasteiger partial charge in [-0.05, 0) is 12.1 Å². The second kappa shape index (κ2) is 5.07. The monoisotopic (exact) mass is 279 g/mol. The number of rotatable bonds is 2. The lowest BCUT2D eigenvalue weighted by molar-refractivity contribution is -0.127. The van der Waals surface area contributed by atoms with Crippen molar-refractivity contribution in [3.8, 4) is 11.5 Å². The molecule has 0 aromatic carbocycles. The number of ether oxygens (including phenoxy) is 1. The third kappa shape index (κ3) is 2.50. The van der Waals surface area contributed by atoms with E-state index in [9.17, 15) is 4.79 Å². The predicted molar refractivity (Wildman–Crippen MR) is 65.7 cm³/mol. The maximum absolute atomic E-state index is 11.7. The molecule has 2 aromatic rings. The van der Waals surface area contributed by atoms with Crippen LogP contribution in [0, 0.1) is 0 Å². The molecule has 1 aliphatic heterocycles. The summed E-state index contributed by atoms with van der Waals surface area (Å²) in [6, 6.07) is 3.38. The average Bonchev–Trinajstić information content (AvgIpc) is 2.89. The van der Waals surface area contributed by atoms with E-state index in [0.29, 0.717) is 29.6 Å². The van der Waals surface area contributed by atoms with Gasteiger partial charge in [-0.25, -0.2) is 0 Å². The number of halogens is 1. The fraction of sp³-hybridized carbons (Fsp3) is 0.333. The standard InChI is InChI=1S/C12H10ClN3O3/c13-7-1-2-9(14-5-7)11-15-12(19-16-11)8-6-18-4-3-10(8)17/h1-2,5,8H,3-4,6H2. The van der Waals surface area contributed by atoms with Crippen molar-refractivity contribution in [1.29, 1.82) is 0 Å². The van der Waals surface area contributed by atoms with Crippen molar-refractivity contribution in [1.82, 2.24) is 15.1 Å². The summed E-state index contributed by atoms with van der Waals surface area (Å²) in [6.45, 7) is 0.740. The van der Waals surface area contributed by atoms with Crippen LogP contribution in [-0.4, -0.2) is 34.1 Å². The largest absolute Gasteiger partial charge is 0.380 e. The van der Waals surface area contributed by atoms with Crippen molar-refractivity contribution in [2.75, 3.05) is 13.2 Å². The van der Waals surface area contributed by atoms with Gasteiger partial charge >= 0.3 is 0 Å². The van der Waals surface area contributed by atoms with Gasteiger partial charge < -0.3 is 9.26 Å². The van der Waals surface area contributed by atoms with Crippen LogP contribution in [0.2, 0.25) is 5.02 Å². The molecule has 1 fully saturated rings. The lowest BCUT2D eigenvalue weighted by Crippen LogP contribution is -2.25. The van der Waals surface area contributed by atoms with Crippen molar-refractivity contribution < 1.29 is 14.1 Å². The van der Waals surface area contributed by atoms with Gasteiger partial charge in [0, 0.05) is 12.6 Å². The fourth-order valence-corrected chi connectivity index (χ4v) is 1.95. The second-order valence-electron chi connectivity index (χ2n) is 4.16. The molecule has 19 heavy (non-hydrogen) atoms. The molecule has 0 N–H and O–H groups in total. The van der Waals surface area contributed by atoms with Gasteiger partial charge in [-0.15, -0.1) is 0 Å². The number of nitrogens with zero attached hydrogens (tertiary/aromatic N) is 3. The van der Waals surface area contributed by atoms with Crippen LogP contribution in [0.25, 0.3) is 11.5 Å². The molecule has 0 spiro atoms. The van der Waals surface area contributed by atoms with E-state index in [-0.39, 0.29) is 18.3 Å². The Labute approximate surface area is 113 Å². The summed E-state index contributed by atoms with van der Waals surface area (Å²) in [5.74, 6) is 0.203. The molecule has 98 valence electrons. The molecular weight excluding hydrogens is 270 g/mol. The lowest BCUT2D eigenvalue weighted by atomic mass is 10.0. The van der Waals surface area contributed by atoms with Crippen LogP contribution in [0.15, 0.2) is 22.9 Å². The van der Waals surface area contributed by atoms with E-state index in [0.717, 1.165) is 0 Å². The van der Waals surface area contributed by atoms with E-state index in [1.807, 2.05) is 0 Å². The summed E-state index contributed by atoms with van der Waals surface area (Å²) in [7, 11) is 0. The molecule has 1 saturated heterocycles. The zero-order valence-electron chi connectivity index (χ0n) is 9.88. The molecule has 1 aliphatic rings. The lowest BCUT2D eigenvalue weighted by Gasteiger charge is -2.16. The number of hydrogen-bond donors (Lipinski definition) is 0. The Bertz CT molecular complexity index is 597. The number of Topliss-reactive ketones (excluding diaryl/α,β-unsaturated/α-hetero) is 1. The summed E-state index contributed by atoms with van der Waals surface area (Å²) in [6.07, 6.45) is 1.88. The predicted octanol–water partition coefficient (Wildman–Crippen LogP) is 1.86. The van der Waals surface area contributed by atoms with E-state index in [1.54, 1.807) is 12.1 Å². The van der Waals surface area contributed by atoms with Crippen molar-refractivity contribution in [3.05, 3.63) is 29.2 Å². The number of carbonyl (C=O) groups is 1. The van der Waals surface area contributed by atoms with Crippen LogP contribution >= 0.6 is 11.6 Å². The Morgan fingerprint density at radius 2 is 2.26 bits per heavy atom. The van der Waals surface area contributed by atoms with E-state index >= 15 is 0 Å². The third-order valence-electron chi connectivity index (χ3n) is 2.86. The molecule has 6 nitrogen and oxygen atoms in total. The number of ketones is 1. The smallest absolute Gasteiger partial charge is 0.239 e. The second-order valence-corrected chi connectivity index (χ2v) is 4.60. The van der Waals surface area contributed by atoms with Crippen LogP contribution in [0.4, 0.5) is 0 Å². The summed E-state index contributed by atoms with van der Waals surface area (Å²) in [4.78, 5) is 20.0. The van der Waals surface area contributed by atoms with E-state index in [4.69, 9.17) is 20.9 Å². The Hall–Kier alpha value is -1.79. The van der Waals surface area contributed by atoms with Crippen molar-refractivity contribution in [2.45, 2.75) is 12.3 Å². The molecule has 3 heterocycles. The zero-order valence-corrected chi connectivity index (χ0v) is 10.6. The summed E-state index contributed by atoms with van der Waals surface area (Å²) >= 11 is 5.76. The first kappa shape index (κ1) is 12.3. The van der Waals surface area contributed by atoms with Crippen LogP contribution < -0.4 is 0 Å². The summed E-state index contributed by atoms with van der Waals surface area (Å²) in [5, 5.41) is 4.36. The molecule has 0 bridgehead atoms. The first-order chi connectivity index (χ1) is 9.24. The molecule has 0 amide bonds. The van der Waals surface area contributed by atoms with Crippen LogP contribution in [0.5, 0.6) is 0 Å². The SMILES string of the molecule is O=C1CCOCC1c1nc(-c2ccc(Cl)cn2)no1. The number of pyridine rings is 1. The molecule has 0 saturated carbocycles. The highest BCUT2D eigenvalue weighted by Gasteiger charge is 2.30. The van der Waals surface area contributed by atoms with E-state index < -0.39 is 5.92 Å². The maximum Gasteiger partial charge on any atom is 0.239 e. The first-order valence-corrected chi connectivity index (χ1v) is 6.18. The van der Waals surface area contributed by atoms with Gasteiger partial charge in [-0.3, -0.25) is 9.78 Å². The van der Waals surface area contributed by atoms with Gasteiger partial charge in [0.1, 0.15) is 17.4 Å². The molecular formula is C12H10ClN3O3. The Morgan fingerprint density at radius 3 is 3.00 bits per heavy atom. The van der Waals surface area contributed by atoms with Crippen LogP contribution in [0.1, 0.15) is 18.2 Å². The van der Waals surface area contributed by atoms with Gasteiger partial charge in [-0.2, -0.15) is 4.98 Å². The van der Waals surface area contributed by atoms with E-state index in [2.05, 4.69) is 15.1 Å². The highest BCUT2D eigenvalue weighted by molar-refractivity contribution is 6.30. The van der Waals surface area contributed by atoms with Crippen molar-refractivity contribution in [2.24, 2.45) is 0 Å². The van der Waals surface area contributed by atoms with Gasteiger partial charge in [0.15, 0.2) is 0 Å². The third-order valence-corrected chi connectivity index (χ3v) is 3.09. The minimum Gasteiger partial charge on any atom is -0.380 e. The normalized spacial score (nSPS) is 19.6. The van der Waals surface area contributed by atoms with Crippen molar-refractivity contribution >= 4 is 17.4 Å². The minimum absolute atomic E-state index is 0.0607. The molecule has 1 unspecified atom stereocenters. The molecule has 1 atom stereocenters. The highest BCUT2D eigenvalue weighted by Crippen LogP contribution is 2.23. The molecule has 7 heteroatoms. The number of carbonyl (C=O) groups excluding carboxylic acids is 1. The number of aromatic nitrogens is 3. The fourth-order valence-electron chi connectivity index (χ4n) is 1.84. The van der Waals surface area contributed by atoms with Gasteiger partial charge in [0.05, 0.1) is 18.2 Å².